The number of hydrogen-bond acceptors (Lipinski definition) is 5. The van der Waals surface area contributed by atoms with Crippen LogP contribution in [0.5, 0.6) is 0 Å². The molecule has 0 aliphatic rings. The van der Waals surface area contributed by atoms with Crippen LogP contribution in [0.4, 0.5) is 17.1 Å². The van der Waals surface area contributed by atoms with Crippen molar-refractivity contribution in [2.45, 2.75) is 0 Å². The van der Waals surface area contributed by atoms with Crippen molar-refractivity contribution in [2.24, 2.45) is 0 Å². The highest BCUT2D eigenvalue weighted by Crippen LogP contribution is 2.27. The minimum absolute atomic E-state index is 0.143. The molecule has 106 valence electrons. The van der Waals surface area contributed by atoms with Gasteiger partial charge < -0.3 is 16.4 Å². The van der Waals surface area contributed by atoms with Gasteiger partial charge in [-0.1, -0.05) is 0 Å². The Balaban J connectivity index is 1.94. The molecule has 21 heavy (non-hydrogen) atoms. The number of aromatic nitrogens is 1. The van der Waals surface area contributed by atoms with E-state index in [0.29, 0.717) is 16.9 Å². The Morgan fingerprint density at radius 2 is 2.10 bits per heavy atom. The van der Waals surface area contributed by atoms with Gasteiger partial charge in [-0.05, 0) is 36.4 Å². The third-order valence-corrected chi connectivity index (χ3v) is 3.94. The molecule has 0 unspecified atom stereocenters. The number of amides is 1. The molecule has 0 bridgehead atoms. The SMILES string of the molecule is CNC(=O)c1ccc(N)c(Nc2ccc3ncsc3c2)c1. The van der Waals surface area contributed by atoms with E-state index in [2.05, 4.69) is 15.6 Å². The lowest BCUT2D eigenvalue weighted by molar-refractivity contribution is 0.0963. The van der Waals surface area contributed by atoms with Crippen molar-refractivity contribution in [2.75, 3.05) is 18.1 Å². The van der Waals surface area contributed by atoms with Crippen LogP contribution in [0, 0.1) is 0 Å². The highest BCUT2D eigenvalue weighted by atomic mass is 32.1. The quantitative estimate of drug-likeness (QED) is 0.649. The van der Waals surface area contributed by atoms with Crippen LogP contribution >= 0.6 is 11.3 Å². The highest BCUT2D eigenvalue weighted by Gasteiger charge is 2.07. The molecular formula is C15H14N4OS. The second-order valence-corrected chi connectivity index (χ2v) is 5.43. The number of nitrogen functional groups attached to an aromatic ring is 1. The Hall–Kier alpha value is -2.60. The Morgan fingerprint density at radius 3 is 2.90 bits per heavy atom. The van der Waals surface area contributed by atoms with E-state index in [1.54, 1.807) is 36.6 Å². The summed E-state index contributed by atoms with van der Waals surface area (Å²) < 4.78 is 1.10. The zero-order valence-electron chi connectivity index (χ0n) is 11.4. The van der Waals surface area contributed by atoms with Crippen molar-refractivity contribution in [1.29, 1.82) is 0 Å². The van der Waals surface area contributed by atoms with E-state index < -0.39 is 0 Å². The molecule has 0 saturated heterocycles. The van der Waals surface area contributed by atoms with Crippen LogP contribution < -0.4 is 16.4 Å². The van der Waals surface area contributed by atoms with Gasteiger partial charge in [0.05, 0.1) is 27.1 Å². The molecule has 3 aromatic rings. The van der Waals surface area contributed by atoms with Gasteiger partial charge in [0.25, 0.3) is 5.91 Å². The molecule has 1 heterocycles. The number of fused-ring (bicyclic) bond motifs is 1. The number of nitrogens with one attached hydrogen (secondary N) is 2. The Morgan fingerprint density at radius 1 is 1.24 bits per heavy atom. The van der Waals surface area contributed by atoms with Crippen LogP contribution in [0.3, 0.4) is 0 Å². The summed E-state index contributed by atoms with van der Waals surface area (Å²) in [6.07, 6.45) is 0. The molecule has 6 heteroatoms. The lowest BCUT2D eigenvalue weighted by Gasteiger charge is -2.11. The fraction of sp³-hybridized carbons (Fsp3) is 0.0667. The second kappa shape index (κ2) is 5.41. The molecule has 1 aromatic heterocycles. The summed E-state index contributed by atoms with van der Waals surface area (Å²) in [7, 11) is 1.60. The number of nitrogens with zero attached hydrogens (tertiary/aromatic N) is 1. The smallest absolute Gasteiger partial charge is 0.251 e. The van der Waals surface area contributed by atoms with Crippen LogP contribution in [-0.4, -0.2) is 17.9 Å². The molecule has 5 nitrogen and oxygen atoms in total. The summed E-state index contributed by atoms with van der Waals surface area (Å²) in [5, 5.41) is 5.85. The molecule has 0 aliphatic carbocycles. The van der Waals surface area contributed by atoms with Crippen LogP contribution in [0.2, 0.25) is 0 Å². The fourth-order valence-corrected chi connectivity index (χ4v) is 2.75. The monoisotopic (exact) mass is 298 g/mol. The number of nitrogens with two attached hydrogens (primary N) is 1. The average Bonchev–Trinajstić information content (AvgIpc) is 2.96. The number of carbonyl (C=O) groups is 1. The summed E-state index contributed by atoms with van der Waals surface area (Å²) in [4.78, 5) is 15.9. The summed E-state index contributed by atoms with van der Waals surface area (Å²) >= 11 is 1.58. The maximum absolute atomic E-state index is 11.7. The molecule has 3 rings (SSSR count). The van der Waals surface area contributed by atoms with Gasteiger partial charge in [0.1, 0.15) is 0 Å². The lowest BCUT2D eigenvalue weighted by atomic mass is 10.1. The van der Waals surface area contributed by atoms with Crippen molar-refractivity contribution in [3.05, 3.63) is 47.5 Å². The number of benzene rings is 2. The standard InChI is InChI=1S/C15H14N4OS/c1-17-15(20)9-2-4-11(16)13(6-9)19-10-3-5-12-14(7-10)21-8-18-12/h2-8,19H,16H2,1H3,(H,17,20). The van der Waals surface area contributed by atoms with Gasteiger partial charge in [-0.2, -0.15) is 0 Å². The number of anilines is 3. The van der Waals surface area contributed by atoms with Crippen molar-refractivity contribution < 1.29 is 4.79 Å². The van der Waals surface area contributed by atoms with Gasteiger partial charge in [-0.15, -0.1) is 11.3 Å². The highest BCUT2D eigenvalue weighted by molar-refractivity contribution is 7.16. The van der Waals surface area contributed by atoms with E-state index in [-0.39, 0.29) is 5.91 Å². The first-order valence-corrected chi connectivity index (χ1v) is 7.27. The second-order valence-electron chi connectivity index (χ2n) is 4.54. The molecule has 1 amide bonds. The topological polar surface area (TPSA) is 80.0 Å². The Kier molecular flexibility index (Phi) is 3.45. The Bertz CT molecular complexity index is 812. The number of thiazole rings is 1. The molecule has 0 radical (unpaired) electrons. The van der Waals surface area contributed by atoms with E-state index >= 15 is 0 Å². The number of rotatable bonds is 3. The van der Waals surface area contributed by atoms with Crippen molar-refractivity contribution in [3.8, 4) is 0 Å². The maximum Gasteiger partial charge on any atom is 0.251 e. The molecule has 0 fully saturated rings. The van der Waals surface area contributed by atoms with Gasteiger partial charge in [-0.3, -0.25) is 4.79 Å². The van der Waals surface area contributed by atoms with Crippen molar-refractivity contribution in [3.63, 3.8) is 0 Å². The molecular weight excluding hydrogens is 284 g/mol. The molecule has 2 aromatic carbocycles. The van der Waals surface area contributed by atoms with Crippen molar-refractivity contribution >= 4 is 44.5 Å². The summed E-state index contributed by atoms with van der Waals surface area (Å²) in [6.45, 7) is 0. The van der Waals surface area contributed by atoms with Gasteiger partial charge >= 0.3 is 0 Å². The minimum atomic E-state index is -0.143. The number of carbonyl (C=O) groups excluding carboxylic acids is 1. The molecule has 0 saturated carbocycles. The zero-order valence-corrected chi connectivity index (χ0v) is 12.2. The minimum Gasteiger partial charge on any atom is -0.397 e. The summed E-state index contributed by atoms with van der Waals surface area (Å²) in [5.74, 6) is -0.143. The third kappa shape index (κ3) is 2.66. The first-order chi connectivity index (χ1) is 10.2. The first kappa shape index (κ1) is 13.4. The molecule has 4 N–H and O–H groups in total. The summed E-state index contributed by atoms with van der Waals surface area (Å²) in [5.41, 5.74) is 11.5. The first-order valence-electron chi connectivity index (χ1n) is 6.39. The van der Waals surface area contributed by atoms with Crippen LogP contribution in [0.1, 0.15) is 10.4 Å². The largest absolute Gasteiger partial charge is 0.397 e. The average molecular weight is 298 g/mol. The van der Waals surface area contributed by atoms with Gasteiger partial charge in [-0.25, -0.2) is 4.98 Å². The van der Waals surface area contributed by atoms with Crippen LogP contribution in [-0.2, 0) is 0 Å². The van der Waals surface area contributed by atoms with Crippen LogP contribution in [0.25, 0.3) is 10.2 Å². The van der Waals surface area contributed by atoms with Crippen molar-refractivity contribution in [1.82, 2.24) is 10.3 Å². The predicted molar refractivity (Wildman–Crippen MR) is 87.1 cm³/mol. The molecule has 0 spiro atoms. The molecule has 0 aliphatic heterocycles. The third-order valence-electron chi connectivity index (χ3n) is 3.15. The van der Waals surface area contributed by atoms with Gasteiger partial charge in [0.2, 0.25) is 0 Å². The van der Waals surface area contributed by atoms with Gasteiger partial charge in [0.15, 0.2) is 0 Å². The van der Waals surface area contributed by atoms with Gasteiger partial charge in [0, 0.05) is 18.3 Å². The summed E-state index contributed by atoms with van der Waals surface area (Å²) in [6, 6.07) is 11.1. The van der Waals surface area contributed by atoms with E-state index in [0.717, 1.165) is 15.9 Å². The van der Waals surface area contributed by atoms with Crippen LogP contribution in [0.15, 0.2) is 41.9 Å². The zero-order chi connectivity index (χ0) is 14.8. The van der Waals surface area contributed by atoms with E-state index in [4.69, 9.17) is 5.73 Å². The van der Waals surface area contributed by atoms with E-state index in [1.165, 1.54) is 0 Å². The number of hydrogen-bond donors (Lipinski definition) is 3. The normalized spacial score (nSPS) is 10.5. The fourth-order valence-electron chi connectivity index (χ4n) is 2.04. The Labute approximate surface area is 125 Å². The van der Waals surface area contributed by atoms with E-state index in [1.807, 2.05) is 23.7 Å². The van der Waals surface area contributed by atoms with E-state index in [9.17, 15) is 4.79 Å². The predicted octanol–water partition coefficient (Wildman–Crippen LogP) is 2.98. The maximum atomic E-state index is 11.7. The molecule has 0 atom stereocenters. The lowest BCUT2D eigenvalue weighted by Crippen LogP contribution is -2.17.